The lowest BCUT2D eigenvalue weighted by atomic mass is 9.94. The first-order chi connectivity index (χ1) is 12.3. The first kappa shape index (κ1) is 15.9. The smallest absolute Gasteiger partial charge is 0.266 e. The summed E-state index contributed by atoms with van der Waals surface area (Å²) in [4.78, 5) is 13.5. The molecule has 0 aliphatic heterocycles. The average molecular weight is 349 g/mol. The zero-order valence-corrected chi connectivity index (χ0v) is 14.6. The molecule has 3 aromatic rings. The minimum atomic E-state index is -0.00937. The van der Waals surface area contributed by atoms with Crippen LogP contribution in [0.2, 0.25) is 0 Å². The Bertz CT molecular complexity index is 869. The second-order valence-corrected chi connectivity index (χ2v) is 7.05. The quantitative estimate of drug-likeness (QED) is 0.659. The van der Waals surface area contributed by atoms with Gasteiger partial charge in [0.1, 0.15) is 11.5 Å². The summed E-state index contributed by atoms with van der Waals surface area (Å²) in [6.45, 7) is 0. The highest BCUT2D eigenvalue weighted by molar-refractivity contribution is 7.12. The van der Waals surface area contributed by atoms with Crippen molar-refractivity contribution in [2.75, 3.05) is 5.32 Å². The summed E-state index contributed by atoms with van der Waals surface area (Å²) in [7, 11) is 0. The Hall–Kier alpha value is -2.59. The highest BCUT2D eigenvalue weighted by atomic mass is 32.1. The molecule has 1 amide bonds. The van der Waals surface area contributed by atoms with Crippen molar-refractivity contribution in [1.29, 1.82) is 0 Å². The first-order valence-corrected chi connectivity index (χ1v) is 9.41. The van der Waals surface area contributed by atoms with E-state index in [1.807, 2.05) is 54.6 Å². The summed E-state index contributed by atoms with van der Waals surface area (Å²) in [6, 6.07) is 17.1. The van der Waals surface area contributed by atoms with Gasteiger partial charge in [-0.3, -0.25) is 4.79 Å². The molecule has 1 heterocycles. The third kappa shape index (κ3) is 3.59. The van der Waals surface area contributed by atoms with Gasteiger partial charge in [0.25, 0.3) is 5.91 Å². The monoisotopic (exact) mass is 349 g/mol. The van der Waals surface area contributed by atoms with Gasteiger partial charge >= 0.3 is 0 Å². The van der Waals surface area contributed by atoms with E-state index in [0.717, 1.165) is 34.9 Å². The second-order valence-electron chi connectivity index (χ2n) is 6.17. The number of thiophene rings is 1. The molecule has 0 saturated carbocycles. The third-order valence-corrected chi connectivity index (χ3v) is 5.47. The number of anilines is 1. The molecule has 1 aromatic heterocycles. The number of fused-ring (bicyclic) bond motifs is 1. The predicted molar refractivity (Wildman–Crippen MR) is 102 cm³/mol. The van der Waals surface area contributed by atoms with Crippen molar-refractivity contribution in [3.8, 4) is 11.5 Å². The van der Waals surface area contributed by atoms with Crippen molar-refractivity contribution >= 4 is 22.9 Å². The molecule has 4 rings (SSSR count). The van der Waals surface area contributed by atoms with Gasteiger partial charge in [0.05, 0.1) is 4.88 Å². The maximum absolute atomic E-state index is 12.6. The number of carbonyl (C=O) groups is 1. The molecule has 0 atom stereocenters. The first-order valence-electron chi connectivity index (χ1n) is 8.53. The number of nitrogens with one attached hydrogen (secondary N) is 1. The zero-order valence-electron chi connectivity index (χ0n) is 13.8. The Balaban J connectivity index is 1.44. The van der Waals surface area contributed by atoms with Crippen LogP contribution in [0.3, 0.4) is 0 Å². The molecule has 3 nitrogen and oxygen atoms in total. The Morgan fingerprint density at radius 3 is 2.44 bits per heavy atom. The number of hydrogen-bond acceptors (Lipinski definition) is 3. The predicted octanol–water partition coefficient (Wildman–Crippen LogP) is 5.67. The Morgan fingerprint density at radius 2 is 1.64 bits per heavy atom. The van der Waals surface area contributed by atoms with E-state index in [-0.39, 0.29) is 5.91 Å². The fraction of sp³-hybridized carbons (Fsp3) is 0.190. The Morgan fingerprint density at radius 1 is 0.920 bits per heavy atom. The van der Waals surface area contributed by atoms with Gasteiger partial charge in [-0.15, -0.1) is 11.3 Å². The van der Waals surface area contributed by atoms with Crippen LogP contribution in [0.1, 0.15) is 33.6 Å². The number of para-hydroxylation sites is 1. The highest BCUT2D eigenvalue weighted by Crippen LogP contribution is 2.30. The van der Waals surface area contributed by atoms with E-state index < -0.39 is 0 Å². The van der Waals surface area contributed by atoms with Crippen LogP contribution in [0.5, 0.6) is 11.5 Å². The second kappa shape index (κ2) is 7.11. The summed E-state index contributed by atoms with van der Waals surface area (Å²) in [5, 5.41) is 5.14. The molecular formula is C21H19NO2S. The van der Waals surface area contributed by atoms with E-state index in [1.165, 1.54) is 24.0 Å². The number of aryl methyl sites for hydroxylation is 1. The summed E-state index contributed by atoms with van der Waals surface area (Å²) in [5.74, 6) is 1.53. The molecule has 0 radical (unpaired) electrons. The normalized spacial score (nSPS) is 13.1. The van der Waals surface area contributed by atoms with Gasteiger partial charge in [-0.05, 0) is 78.6 Å². The van der Waals surface area contributed by atoms with Gasteiger partial charge in [-0.2, -0.15) is 0 Å². The molecule has 0 spiro atoms. The van der Waals surface area contributed by atoms with Gasteiger partial charge in [-0.1, -0.05) is 18.2 Å². The maximum atomic E-state index is 12.6. The fourth-order valence-electron chi connectivity index (χ4n) is 3.13. The zero-order chi connectivity index (χ0) is 17.1. The Labute approximate surface area is 151 Å². The van der Waals surface area contributed by atoms with Crippen LogP contribution in [0.4, 0.5) is 5.69 Å². The lowest BCUT2D eigenvalue weighted by Gasteiger charge is -2.13. The summed E-state index contributed by atoms with van der Waals surface area (Å²) in [6.07, 6.45) is 4.53. The Kier molecular flexibility index (Phi) is 4.53. The summed E-state index contributed by atoms with van der Waals surface area (Å²) in [5.41, 5.74) is 3.38. The molecule has 126 valence electrons. The van der Waals surface area contributed by atoms with E-state index in [1.54, 1.807) is 11.3 Å². The van der Waals surface area contributed by atoms with Gasteiger partial charge in [0.2, 0.25) is 0 Å². The standard InChI is InChI=1S/C21H19NO2S/c23-21(20-19-9-5-4-6-15(19)14-25-20)22-16-10-12-18(13-11-16)24-17-7-2-1-3-8-17/h1-3,7-8,10-14H,4-6,9H2,(H,22,23). The molecule has 25 heavy (non-hydrogen) atoms. The minimum absolute atomic E-state index is 0.00937. The summed E-state index contributed by atoms with van der Waals surface area (Å²) >= 11 is 1.56. The minimum Gasteiger partial charge on any atom is -0.457 e. The van der Waals surface area contributed by atoms with Crippen molar-refractivity contribution in [2.24, 2.45) is 0 Å². The van der Waals surface area contributed by atoms with Crippen molar-refractivity contribution in [3.05, 3.63) is 76.0 Å². The van der Waals surface area contributed by atoms with Crippen LogP contribution in [0, 0.1) is 0 Å². The number of benzene rings is 2. The van der Waals surface area contributed by atoms with Crippen LogP contribution >= 0.6 is 11.3 Å². The molecule has 1 aliphatic carbocycles. The van der Waals surface area contributed by atoms with Crippen molar-refractivity contribution < 1.29 is 9.53 Å². The number of ether oxygens (including phenoxy) is 1. The van der Waals surface area contributed by atoms with E-state index >= 15 is 0 Å². The van der Waals surface area contributed by atoms with Gasteiger partial charge in [0.15, 0.2) is 0 Å². The topological polar surface area (TPSA) is 38.3 Å². The molecule has 0 unspecified atom stereocenters. The van der Waals surface area contributed by atoms with E-state index in [2.05, 4.69) is 10.7 Å². The lowest BCUT2D eigenvalue weighted by Crippen LogP contribution is -2.13. The third-order valence-electron chi connectivity index (χ3n) is 4.40. The highest BCUT2D eigenvalue weighted by Gasteiger charge is 2.20. The molecule has 4 heteroatoms. The number of hydrogen-bond donors (Lipinski definition) is 1. The molecule has 0 saturated heterocycles. The molecular weight excluding hydrogens is 330 g/mol. The van der Waals surface area contributed by atoms with Gasteiger partial charge < -0.3 is 10.1 Å². The van der Waals surface area contributed by atoms with Crippen LogP contribution in [0.25, 0.3) is 0 Å². The van der Waals surface area contributed by atoms with Gasteiger partial charge in [0, 0.05) is 5.69 Å². The largest absolute Gasteiger partial charge is 0.457 e. The van der Waals surface area contributed by atoms with Crippen molar-refractivity contribution in [1.82, 2.24) is 0 Å². The average Bonchev–Trinajstić information content (AvgIpc) is 3.08. The van der Waals surface area contributed by atoms with Crippen LogP contribution in [-0.2, 0) is 12.8 Å². The van der Waals surface area contributed by atoms with Crippen LogP contribution in [0.15, 0.2) is 60.0 Å². The number of amides is 1. The SMILES string of the molecule is O=C(Nc1ccc(Oc2ccccc2)cc1)c1scc2c1CCCC2. The molecule has 0 bridgehead atoms. The molecule has 1 aliphatic rings. The summed E-state index contributed by atoms with van der Waals surface area (Å²) < 4.78 is 5.77. The van der Waals surface area contributed by atoms with E-state index in [4.69, 9.17) is 4.74 Å². The van der Waals surface area contributed by atoms with E-state index in [9.17, 15) is 4.79 Å². The molecule has 1 N–H and O–H groups in total. The molecule has 2 aromatic carbocycles. The maximum Gasteiger partial charge on any atom is 0.266 e. The van der Waals surface area contributed by atoms with Crippen molar-refractivity contribution in [3.63, 3.8) is 0 Å². The van der Waals surface area contributed by atoms with Crippen LogP contribution < -0.4 is 10.1 Å². The van der Waals surface area contributed by atoms with Crippen LogP contribution in [-0.4, -0.2) is 5.91 Å². The van der Waals surface area contributed by atoms with E-state index in [0.29, 0.717) is 0 Å². The molecule has 0 fully saturated rings. The fourth-order valence-corrected chi connectivity index (χ4v) is 4.18. The van der Waals surface area contributed by atoms with Gasteiger partial charge in [-0.25, -0.2) is 0 Å². The van der Waals surface area contributed by atoms with Crippen molar-refractivity contribution in [2.45, 2.75) is 25.7 Å². The lowest BCUT2D eigenvalue weighted by molar-refractivity contribution is 0.102. The number of carbonyl (C=O) groups excluding carboxylic acids is 1. The number of rotatable bonds is 4.